The summed E-state index contributed by atoms with van der Waals surface area (Å²) in [7, 11) is 0. The van der Waals surface area contributed by atoms with Crippen LogP contribution < -0.4 is 4.74 Å². The van der Waals surface area contributed by atoms with Crippen molar-refractivity contribution in [3.8, 4) is 11.5 Å². The molecule has 0 amide bonds. The van der Waals surface area contributed by atoms with E-state index in [1.165, 1.54) is 68.7 Å². The minimum atomic E-state index is -0.567. The number of halogens is 1. The van der Waals surface area contributed by atoms with Gasteiger partial charge in [0, 0.05) is 5.39 Å². The third kappa shape index (κ3) is 8.94. The Morgan fingerprint density at radius 3 is 2.16 bits per heavy atom. The van der Waals surface area contributed by atoms with E-state index in [1.807, 2.05) is 12.1 Å². The zero-order valence-electron chi connectivity index (χ0n) is 23.1. The van der Waals surface area contributed by atoms with Gasteiger partial charge in [0.2, 0.25) is 0 Å². The third-order valence-corrected chi connectivity index (χ3v) is 7.32. The van der Waals surface area contributed by atoms with E-state index in [0.29, 0.717) is 6.42 Å². The molecule has 0 atom stereocenters. The Morgan fingerprint density at radius 2 is 1.47 bits per heavy atom. The molecule has 0 saturated carbocycles. The third-order valence-electron chi connectivity index (χ3n) is 7.03. The number of phenolic OH excluding ortho intramolecular Hbond substituents is 1. The fraction of sp³-hybridized carbons (Fsp3) is 0.485. The van der Waals surface area contributed by atoms with E-state index in [4.69, 9.17) is 21.1 Å². The highest BCUT2D eigenvalue weighted by atomic mass is 35.5. The fourth-order valence-corrected chi connectivity index (χ4v) is 5.13. The van der Waals surface area contributed by atoms with Crippen LogP contribution in [0, 0.1) is 0 Å². The van der Waals surface area contributed by atoms with Crippen LogP contribution in [-0.2, 0) is 17.6 Å². The van der Waals surface area contributed by atoms with Crippen molar-refractivity contribution in [1.82, 2.24) is 0 Å². The number of hydrogen-bond donors (Lipinski definition) is 1. The van der Waals surface area contributed by atoms with Gasteiger partial charge < -0.3 is 14.6 Å². The lowest BCUT2D eigenvalue weighted by atomic mass is 9.97. The van der Waals surface area contributed by atoms with Gasteiger partial charge in [0.1, 0.15) is 17.1 Å². The summed E-state index contributed by atoms with van der Waals surface area (Å²) >= 11 is 6.21. The van der Waals surface area contributed by atoms with Crippen LogP contribution in [0.25, 0.3) is 10.8 Å². The number of carbonyl (C=O) groups excluding carboxylic acids is 1. The summed E-state index contributed by atoms with van der Waals surface area (Å²) < 4.78 is 11.3. The van der Waals surface area contributed by atoms with Crippen LogP contribution in [0.5, 0.6) is 11.5 Å². The van der Waals surface area contributed by atoms with E-state index in [0.717, 1.165) is 36.1 Å². The van der Waals surface area contributed by atoms with Gasteiger partial charge in [-0.25, -0.2) is 4.79 Å². The van der Waals surface area contributed by atoms with Gasteiger partial charge in [0.15, 0.2) is 0 Å². The molecule has 3 aromatic carbocycles. The highest BCUT2D eigenvalue weighted by Crippen LogP contribution is 2.32. The van der Waals surface area contributed by atoms with Crippen LogP contribution in [0.2, 0.25) is 5.02 Å². The predicted molar refractivity (Wildman–Crippen MR) is 158 cm³/mol. The number of hydrogen-bond acceptors (Lipinski definition) is 4. The van der Waals surface area contributed by atoms with Crippen molar-refractivity contribution in [2.75, 3.05) is 13.2 Å². The summed E-state index contributed by atoms with van der Waals surface area (Å²) in [5.74, 6) is 0.129. The van der Waals surface area contributed by atoms with E-state index in [9.17, 15) is 9.90 Å². The zero-order chi connectivity index (χ0) is 27.2. The van der Waals surface area contributed by atoms with Crippen LogP contribution in [-0.4, -0.2) is 24.3 Å². The maximum Gasteiger partial charge on any atom is 0.341 e. The van der Waals surface area contributed by atoms with Crippen molar-refractivity contribution in [3.63, 3.8) is 0 Å². The van der Waals surface area contributed by atoms with Crippen molar-refractivity contribution < 1.29 is 19.4 Å². The number of rotatable bonds is 17. The molecule has 0 radical (unpaired) electrons. The van der Waals surface area contributed by atoms with E-state index in [-0.39, 0.29) is 22.9 Å². The van der Waals surface area contributed by atoms with Crippen LogP contribution in [0.3, 0.4) is 0 Å². The van der Waals surface area contributed by atoms with Crippen LogP contribution in [0.4, 0.5) is 0 Å². The molecule has 3 rings (SSSR count). The van der Waals surface area contributed by atoms with Gasteiger partial charge in [0.25, 0.3) is 0 Å². The Balaban J connectivity index is 1.54. The van der Waals surface area contributed by atoms with E-state index >= 15 is 0 Å². The minimum Gasteiger partial charge on any atom is -0.505 e. The quantitative estimate of drug-likeness (QED) is 0.137. The summed E-state index contributed by atoms with van der Waals surface area (Å²) in [6, 6.07) is 15.9. The number of benzene rings is 3. The van der Waals surface area contributed by atoms with E-state index in [2.05, 4.69) is 31.2 Å². The van der Waals surface area contributed by atoms with Crippen LogP contribution in [0.1, 0.15) is 99.5 Å². The second kappa shape index (κ2) is 16.3. The topological polar surface area (TPSA) is 55.8 Å². The first kappa shape index (κ1) is 29.8. The van der Waals surface area contributed by atoms with Crippen molar-refractivity contribution in [1.29, 1.82) is 0 Å². The van der Waals surface area contributed by atoms with E-state index < -0.39 is 5.97 Å². The standard InChI is InChI=1S/C33H43ClO4/c1-3-5-6-7-8-9-10-11-12-15-22-38-31-21-20-26(27-16-13-14-17-28(27)31)19-18-25-23-29(33(36)37-4-2)32(35)30(34)24-25/h13-14,16-17,20-21,23-24,35H,3-12,15,18-19,22H2,1-2H3. The van der Waals surface area contributed by atoms with Crippen LogP contribution >= 0.6 is 11.6 Å². The fourth-order valence-electron chi connectivity index (χ4n) is 4.89. The number of fused-ring (bicyclic) bond motifs is 1. The SMILES string of the molecule is CCCCCCCCCCCCOc1ccc(CCc2cc(Cl)c(O)c(C(=O)OCC)c2)c2ccccc12. The summed E-state index contributed by atoms with van der Waals surface area (Å²) in [5, 5.41) is 12.7. The first-order valence-electron chi connectivity index (χ1n) is 14.4. The smallest absolute Gasteiger partial charge is 0.341 e. The number of unbranched alkanes of at least 4 members (excludes halogenated alkanes) is 9. The summed E-state index contributed by atoms with van der Waals surface area (Å²) in [4.78, 5) is 12.2. The Hall–Kier alpha value is -2.72. The summed E-state index contributed by atoms with van der Waals surface area (Å²) in [6.45, 7) is 4.97. The molecule has 3 aromatic rings. The Labute approximate surface area is 233 Å². The van der Waals surface area contributed by atoms with Crippen molar-refractivity contribution >= 4 is 28.3 Å². The monoisotopic (exact) mass is 538 g/mol. The maximum atomic E-state index is 12.2. The summed E-state index contributed by atoms with van der Waals surface area (Å²) in [5.41, 5.74) is 2.19. The van der Waals surface area contributed by atoms with Gasteiger partial charge in [-0.1, -0.05) is 107 Å². The molecule has 206 valence electrons. The molecule has 0 bridgehead atoms. The molecule has 0 aromatic heterocycles. The molecule has 4 nitrogen and oxygen atoms in total. The van der Waals surface area contributed by atoms with Crippen LogP contribution in [0.15, 0.2) is 48.5 Å². The highest BCUT2D eigenvalue weighted by Gasteiger charge is 2.17. The van der Waals surface area contributed by atoms with E-state index in [1.54, 1.807) is 19.1 Å². The molecule has 0 aliphatic carbocycles. The lowest BCUT2D eigenvalue weighted by molar-refractivity contribution is 0.0523. The molecular weight excluding hydrogens is 496 g/mol. The van der Waals surface area contributed by atoms with Gasteiger partial charge in [-0.3, -0.25) is 0 Å². The molecule has 5 heteroatoms. The Bertz CT molecular complexity index is 1160. The van der Waals surface area contributed by atoms with Crippen molar-refractivity contribution in [2.45, 2.75) is 90.9 Å². The zero-order valence-corrected chi connectivity index (χ0v) is 23.8. The second-order valence-electron chi connectivity index (χ2n) is 9.99. The molecule has 0 fully saturated rings. The Morgan fingerprint density at radius 1 is 0.816 bits per heavy atom. The largest absolute Gasteiger partial charge is 0.505 e. The second-order valence-corrected chi connectivity index (χ2v) is 10.4. The molecule has 38 heavy (non-hydrogen) atoms. The van der Waals surface area contributed by atoms with Gasteiger partial charge in [-0.05, 0) is 60.9 Å². The minimum absolute atomic E-state index is 0.106. The van der Waals surface area contributed by atoms with Crippen molar-refractivity contribution in [3.05, 3.63) is 70.2 Å². The lowest BCUT2D eigenvalue weighted by Gasteiger charge is -2.14. The molecule has 0 aliphatic heterocycles. The van der Waals surface area contributed by atoms with Crippen molar-refractivity contribution in [2.24, 2.45) is 0 Å². The summed E-state index contributed by atoms with van der Waals surface area (Å²) in [6.07, 6.45) is 14.6. The number of aryl methyl sites for hydroxylation is 2. The number of phenols is 1. The maximum absolute atomic E-state index is 12.2. The number of ether oxygens (including phenoxy) is 2. The normalized spacial score (nSPS) is 11.1. The predicted octanol–water partition coefficient (Wildman–Crippen LogP) is 9.46. The molecule has 0 heterocycles. The van der Waals surface area contributed by atoms with Gasteiger partial charge in [-0.15, -0.1) is 0 Å². The van der Waals surface area contributed by atoms with Gasteiger partial charge >= 0.3 is 5.97 Å². The van der Waals surface area contributed by atoms with Gasteiger partial charge in [0.05, 0.1) is 18.2 Å². The highest BCUT2D eigenvalue weighted by molar-refractivity contribution is 6.32. The average Bonchev–Trinajstić information content (AvgIpc) is 2.92. The molecule has 0 spiro atoms. The first-order chi connectivity index (χ1) is 18.5. The number of carbonyl (C=O) groups is 1. The average molecular weight is 539 g/mol. The van der Waals surface area contributed by atoms with Gasteiger partial charge in [-0.2, -0.15) is 0 Å². The number of aromatic hydroxyl groups is 1. The molecule has 1 N–H and O–H groups in total. The Kier molecular flexibility index (Phi) is 12.8. The molecular formula is C33H43ClO4. The lowest BCUT2D eigenvalue weighted by Crippen LogP contribution is -2.06. The molecule has 0 aliphatic rings. The molecule has 0 saturated heterocycles. The first-order valence-corrected chi connectivity index (χ1v) is 14.7. The molecule has 0 unspecified atom stereocenters. The number of esters is 1.